The van der Waals surface area contributed by atoms with Crippen LogP contribution in [-0.4, -0.2) is 41.5 Å². The van der Waals surface area contributed by atoms with Crippen molar-refractivity contribution in [2.75, 3.05) is 7.11 Å². The first-order valence-electron chi connectivity index (χ1n) is 8.43. The third-order valence-corrected chi connectivity index (χ3v) is 5.14. The van der Waals surface area contributed by atoms with E-state index in [0.29, 0.717) is 12.8 Å². The highest BCUT2D eigenvalue weighted by atomic mass is 16.6. The molecule has 1 amide bonds. The SMILES string of the molecule is COC(=O)C(O)C1(C2(NC(=O)OC(C)(C)C)CCCCC2)CC1. The summed E-state index contributed by atoms with van der Waals surface area (Å²) in [6, 6.07) is 0. The summed E-state index contributed by atoms with van der Waals surface area (Å²) in [5, 5.41) is 13.5. The molecule has 2 aliphatic carbocycles. The summed E-state index contributed by atoms with van der Waals surface area (Å²) in [5.74, 6) is -0.626. The van der Waals surface area contributed by atoms with Crippen molar-refractivity contribution in [3.63, 3.8) is 0 Å². The fraction of sp³-hybridized carbons (Fsp3) is 0.882. The average Bonchev–Trinajstić information content (AvgIpc) is 3.26. The van der Waals surface area contributed by atoms with E-state index in [1.807, 2.05) is 20.8 Å². The van der Waals surface area contributed by atoms with Gasteiger partial charge in [0, 0.05) is 5.41 Å². The molecule has 132 valence electrons. The van der Waals surface area contributed by atoms with Crippen molar-refractivity contribution in [1.82, 2.24) is 5.32 Å². The van der Waals surface area contributed by atoms with Crippen molar-refractivity contribution in [2.24, 2.45) is 5.41 Å². The van der Waals surface area contributed by atoms with E-state index in [1.54, 1.807) is 0 Å². The van der Waals surface area contributed by atoms with Crippen LogP contribution in [0.5, 0.6) is 0 Å². The molecule has 23 heavy (non-hydrogen) atoms. The number of nitrogens with one attached hydrogen (secondary N) is 1. The van der Waals surface area contributed by atoms with Gasteiger partial charge in [0.25, 0.3) is 0 Å². The lowest BCUT2D eigenvalue weighted by Gasteiger charge is -2.46. The minimum Gasteiger partial charge on any atom is -0.467 e. The molecule has 0 heterocycles. The van der Waals surface area contributed by atoms with Crippen molar-refractivity contribution >= 4 is 12.1 Å². The summed E-state index contributed by atoms with van der Waals surface area (Å²) in [6.07, 6.45) is 4.25. The van der Waals surface area contributed by atoms with Gasteiger partial charge in [0.2, 0.25) is 0 Å². The Labute approximate surface area is 137 Å². The number of hydrogen-bond donors (Lipinski definition) is 2. The Kier molecular flexibility index (Phi) is 4.95. The molecule has 1 unspecified atom stereocenters. The van der Waals surface area contributed by atoms with Gasteiger partial charge in [-0.25, -0.2) is 9.59 Å². The van der Waals surface area contributed by atoms with E-state index in [-0.39, 0.29) is 0 Å². The minimum absolute atomic E-state index is 0.484. The van der Waals surface area contributed by atoms with Crippen LogP contribution in [-0.2, 0) is 14.3 Å². The first kappa shape index (κ1) is 18.0. The van der Waals surface area contributed by atoms with Crippen molar-refractivity contribution in [3.8, 4) is 0 Å². The Balaban J connectivity index is 2.22. The standard InChI is InChI=1S/C17H29NO5/c1-15(2,3)23-14(21)18-17(8-6-5-7-9-17)16(10-11-16)12(19)13(20)22-4/h12,19H,5-11H2,1-4H3,(H,18,21). The molecule has 2 N–H and O–H groups in total. The Bertz CT molecular complexity index is 458. The van der Waals surface area contributed by atoms with Crippen LogP contribution in [0.1, 0.15) is 65.7 Å². The maximum atomic E-state index is 12.3. The molecule has 0 aromatic carbocycles. The number of alkyl carbamates (subject to hydrolysis) is 1. The van der Waals surface area contributed by atoms with Crippen LogP contribution in [0, 0.1) is 5.41 Å². The monoisotopic (exact) mass is 327 g/mol. The number of carbonyl (C=O) groups excluding carboxylic acids is 2. The van der Waals surface area contributed by atoms with E-state index in [0.717, 1.165) is 32.1 Å². The van der Waals surface area contributed by atoms with Crippen LogP contribution in [0.2, 0.25) is 0 Å². The van der Waals surface area contributed by atoms with Gasteiger partial charge in [0.05, 0.1) is 12.6 Å². The zero-order valence-corrected chi connectivity index (χ0v) is 14.6. The third kappa shape index (κ3) is 3.62. The molecule has 0 bridgehead atoms. The lowest BCUT2D eigenvalue weighted by atomic mass is 9.68. The summed E-state index contributed by atoms with van der Waals surface area (Å²) in [5.41, 5.74) is -1.81. The zero-order chi connectivity index (χ0) is 17.3. The van der Waals surface area contributed by atoms with Crippen molar-refractivity contribution in [3.05, 3.63) is 0 Å². The van der Waals surface area contributed by atoms with Gasteiger partial charge in [-0.1, -0.05) is 19.3 Å². The topological polar surface area (TPSA) is 84.9 Å². The highest BCUT2D eigenvalue weighted by molar-refractivity contribution is 5.77. The molecule has 2 aliphatic rings. The van der Waals surface area contributed by atoms with Crippen LogP contribution >= 0.6 is 0 Å². The van der Waals surface area contributed by atoms with Gasteiger partial charge in [-0.2, -0.15) is 0 Å². The molecule has 0 spiro atoms. The summed E-state index contributed by atoms with van der Waals surface area (Å²) >= 11 is 0. The number of methoxy groups -OCH3 is 1. The number of ether oxygens (including phenoxy) is 2. The van der Waals surface area contributed by atoms with E-state index in [1.165, 1.54) is 7.11 Å². The molecule has 0 aromatic rings. The molecule has 2 fully saturated rings. The van der Waals surface area contributed by atoms with Gasteiger partial charge in [-0.3, -0.25) is 0 Å². The van der Waals surface area contributed by atoms with Crippen molar-refractivity contribution in [2.45, 2.75) is 83.0 Å². The number of amides is 1. The van der Waals surface area contributed by atoms with Gasteiger partial charge in [0.1, 0.15) is 5.60 Å². The first-order chi connectivity index (χ1) is 10.7. The van der Waals surface area contributed by atoms with Gasteiger partial charge in [-0.05, 0) is 46.5 Å². The number of esters is 1. The maximum Gasteiger partial charge on any atom is 0.408 e. The second kappa shape index (κ2) is 6.30. The third-order valence-electron chi connectivity index (χ3n) is 5.14. The fourth-order valence-corrected chi connectivity index (χ4v) is 3.89. The van der Waals surface area contributed by atoms with Gasteiger partial charge >= 0.3 is 12.1 Å². The molecule has 0 saturated heterocycles. The fourth-order valence-electron chi connectivity index (χ4n) is 3.89. The molecule has 0 aliphatic heterocycles. The van der Waals surface area contributed by atoms with Crippen LogP contribution in [0.3, 0.4) is 0 Å². The van der Waals surface area contributed by atoms with E-state index in [4.69, 9.17) is 9.47 Å². The first-order valence-corrected chi connectivity index (χ1v) is 8.43. The number of carbonyl (C=O) groups is 2. The van der Waals surface area contributed by atoms with Crippen LogP contribution in [0.15, 0.2) is 0 Å². The van der Waals surface area contributed by atoms with Crippen molar-refractivity contribution < 1.29 is 24.2 Å². The molecule has 6 heteroatoms. The predicted molar refractivity (Wildman–Crippen MR) is 84.9 cm³/mol. The zero-order valence-electron chi connectivity index (χ0n) is 14.6. The molecule has 1 atom stereocenters. The van der Waals surface area contributed by atoms with Crippen LogP contribution in [0.25, 0.3) is 0 Å². The van der Waals surface area contributed by atoms with Gasteiger partial charge in [0.15, 0.2) is 6.10 Å². The summed E-state index contributed by atoms with van der Waals surface area (Å²) in [4.78, 5) is 24.2. The Morgan fingerprint density at radius 1 is 1.09 bits per heavy atom. The highest BCUT2D eigenvalue weighted by Gasteiger charge is 2.66. The molecular weight excluding hydrogens is 298 g/mol. The number of aliphatic hydroxyl groups excluding tert-OH is 1. The molecule has 0 aromatic heterocycles. The second-order valence-electron chi connectivity index (χ2n) is 7.85. The number of hydrogen-bond acceptors (Lipinski definition) is 5. The quantitative estimate of drug-likeness (QED) is 0.775. The second-order valence-corrected chi connectivity index (χ2v) is 7.85. The van der Waals surface area contributed by atoms with Gasteiger partial charge in [-0.15, -0.1) is 0 Å². The molecule has 2 rings (SSSR count). The molecule has 6 nitrogen and oxygen atoms in total. The van der Waals surface area contributed by atoms with Crippen LogP contribution in [0.4, 0.5) is 4.79 Å². The van der Waals surface area contributed by atoms with E-state index >= 15 is 0 Å². The number of aliphatic hydroxyl groups is 1. The predicted octanol–water partition coefficient (Wildman–Crippen LogP) is 2.53. The number of rotatable bonds is 4. The largest absolute Gasteiger partial charge is 0.467 e. The summed E-state index contributed by atoms with van der Waals surface area (Å²) in [6.45, 7) is 5.45. The minimum atomic E-state index is -1.21. The summed E-state index contributed by atoms with van der Waals surface area (Å²) in [7, 11) is 1.27. The normalized spacial score (nSPS) is 23.5. The van der Waals surface area contributed by atoms with Gasteiger partial charge < -0.3 is 19.9 Å². The van der Waals surface area contributed by atoms with E-state index in [9.17, 15) is 14.7 Å². The Morgan fingerprint density at radius 3 is 2.09 bits per heavy atom. The molecule has 0 radical (unpaired) electrons. The molecule has 2 saturated carbocycles. The summed E-state index contributed by atoms with van der Waals surface area (Å²) < 4.78 is 10.1. The Morgan fingerprint density at radius 2 is 1.65 bits per heavy atom. The smallest absolute Gasteiger partial charge is 0.408 e. The van der Waals surface area contributed by atoms with Crippen LogP contribution < -0.4 is 5.32 Å². The molecular formula is C17H29NO5. The maximum absolute atomic E-state index is 12.3. The van der Waals surface area contributed by atoms with E-state index in [2.05, 4.69) is 5.32 Å². The van der Waals surface area contributed by atoms with Crippen molar-refractivity contribution in [1.29, 1.82) is 0 Å². The average molecular weight is 327 g/mol. The highest BCUT2D eigenvalue weighted by Crippen LogP contribution is 2.61. The Hall–Kier alpha value is -1.30. The lowest BCUT2D eigenvalue weighted by molar-refractivity contribution is -0.158. The van der Waals surface area contributed by atoms with E-state index < -0.39 is 34.7 Å². The lowest BCUT2D eigenvalue weighted by Crippen LogP contribution is -2.61.